The Labute approximate surface area is 120 Å². The molecule has 2 aliphatic rings. The van der Waals surface area contributed by atoms with Gasteiger partial charge in [-0.3, -0.25) is 4.79 Å². The third-order valence-corrected chi connectivity index (χ3v) is 4.26. The highest BCUT2D eigenvalue weighted by atomic mass is 19.4. The first-order valence-electron chi connectivity index (χ1n) is 6.94. The van der Waals surface area contributed by atoms with Crippen molar-refractivity contribution in [1.82, 2.24) is 4.90 Å². The van der Waals surface area contributed by atoms with Gasteiger partial charge in [-0.15, -0.1) is 0 Å². The number of halogens is 3. The molecular weight excluding hydrogens is 283 g/mol. The molecule has 0 radical (unpaired) electrons. The molecule has 1 saturated carbocycles. The number of hydrogen-bond donors (Lipinski definition) is 1. The molecule has 0 atom stereocenters. The van der Waals surface area contributed by atoms with Crippen molar-refractivity contribution in [1.29, 1.82) is 0 Å². The van der Waals surface area contributed by atoms with Gasteiger partial charge < -0.3 is 10.0 Å². The van der Waals surface area contributed by atoms with Gasteiger partial charge >= 0.3 is 6.18 Å². The van der Waals surface area contributed by atoms with Gasteiger partial charge in [0.1, 0.15) is 5.60 Å². The normalized spacial score (nSPS) is 21.0. The first kappa shape index (κ1) is 14.4. The van der Waals surface area contributed by atoms with Crippen molar-refractivity contribution < 1.29 is 23.1 Å². The van der Waals surface area contributed by atoms with Crippen molar-refractivity contribution in [2.24, 2.45) is 5.92 Å². The molecule has 2 fully saturated rings. The van der Waals surface area contributed by atoms with E-state index in [0.717, 1.165) is 25.0 Å². The molecule has 0 bridgehead atoms. The lowest BCUT2D eigenvalue weighted by atomic mass is 9.88. The van der Waals surface area contributed by atoms with Crippen LogP contribution in [0.3, 0.4) is 0 Å². The number of amides is 1. The van der Waals surface area contributed by atoms with Gasteiger partial charge in [-0.05, 0) is 36.5 Å². The van der Waals surface area contributed by atoms with E-state index in [9.17, 15) is 23.1 Å². The minimum atomic E-state index is -4.36. The summed E-state index contributed by atoms with van der Waals surface area (Å²) in [5.41, 5.74) is -0.892. The zero-order valence-corrected chi connectivity index (χ0v) is 11.4. The highest BCUT2D eigenvalue weighted by Crippen LogP contribution is 2.44. The topological polar surface area (TPSA) is 40.5 Å². The van der Waals surface area contributed by atoms with Gasteiger partial charge in [-0.2, -0.15) is 13.2 Å². The van der Waals surface area contributed by atoms with Gasteiger partial charge in [0.25, 0.3) is 0 Å². The monoisotopic (exact) mass is 299 g/mol. The summed E-state index contributed by atoms with van der Waals surface area (Å²) in [6.07, 6.45) is -2.27. The van der Waals surface area contributed by atoms with Gasteiger partial charge in [0.2, 0.25) is 5.91 Å². The SMILES string of the molecule is O=C(Cc1ccc(C(F)(F)F)cc1)N1CC(O)(C2CC2)C1. The van der Waals surface area contributed by atoms with Crippen LogP contribution in [0.1, 0.15) is 24.0 Å². The van der Waals surface area contributed by atoms with Crippen LogP contribution in [0.2, 0.25) is 0 Å². The van der Waals surface area contributed by atoms with Crippen molar-refractivity contribution in [3.63, 3.8) is 0 Å². The Morgan fingerprint density at radius 3 is 2.29 bits per heavy atom. The molecule has 0 spiro atoms. The maximum atomic E-state index is 12.4. The van der Waals surface area contributed by atoms with Crippen LogP contribution in [0.25, 0.3) is 0 Å². The van der Waals surface area contributed by atoms with E-state index < -0.39 is 17.3 Å². The average molecular weight is 299 g/mol. The first-order chi connectivity index (χ1) is 9.78. The molecule has 21 heavy (non-hydrogen) atoms. The molecule has 1 aliphatic carbocycles. The fourth-order valence-corrected chi connectivity index (χ4v) is 2.77. The van der Waals surface area contributed by atoms with Crippen molar-refractivity contribution in [2.45, 2.75) is 31.0 Å². The van der Waals surface area contributed by atoms with Crippen molar-refractivity contribution in [2.75, 3.05) is 13.1 Å². The number of β-amino-alcohol motifs (C(OH)–C–C–N with tert-alkyl or cyclic N) is 1. The summed E-state index contributed by atoms with van der Waals surface area (Å²) in [6.45, 7) is 0.689. The predicted octanol–water partition coefficient (Wildman–Crippen LogP) is 2.23. The molecule has 114 valence electrons. The lowest BCUT2D eigenvalue weighted by molar-refractivity contribution is -0.158. The van der Waals surface area contributed by atoms with Crippen LogP contribution in [0.15, 0.2) is 24.3 Å². The Balaban J connectivity index is 1.56. The Morgan fingerprint density at radius 1 is 1.24 bits per heavy atom. The van der Waals surface area contributed by atoms with Gasteiger partial charge in [-0.1, -0.05) is 12.1 Å². The summed E-state index contributed by atoms with van der Waals surface area (Å²) in [5.74, 6) is 0.160. The van der Waals surface area contributed by atoms with Crippen LogP contribution >= 0.6 is 0 Å². The summed E-state index contributed by atoms with van der Waals surface area (Å²) in [6, 6.07) is 4.62. The van der Waals surface area contributed by atoms with Crippen LogP contribution in [0, 0.1) is 5.92 Å². The predicted molar refractivity (Wildman–Crippen MR) is 69.4 cm³/mol. The molecule has 3 rings (SSSR count). The highest BCUT2D eigenvalue weighted by molar-refractivity contribution is 5.80. The summed E-state index contributed by atoms with van der Waals surface area (Å²) in [4.78, 5) is 13.6. The van der Waals surface area contributed by atoms with Crippen LogP contribution in [-0.2, 0) is 17.4 Å². The van der Waals surface area contributed by atoms with Crippen molar-refractivity contribution in [3.05, 3.63) is 35.4 Å². The number of benzene rings is 1. The Morgan fingerprint density at radius 2 is 1.81 bits per heavy atom. The van der Waals surface area contributed by atoms with E-state index >= 15 is 0 Å². The molecule has 1 aliphatic heterocycles. The number of aliphatic hydroxyl groups is 1. The van der Waals surface area contributed by atoms with Crippen molar-refractivity contribution >= 4 is 5.91 Å². The minimum Gasteiger partial charge on any atom is -0.386 e. The molecule has 0 aromatic heterocycles. The Bertz CT molecular complexity index is 543. The number of nitrogens with zero attached hydrogens (tertiary/aromatic N) is 1. The smallest absolute Gasteiger partial charge is 0.386 e. The molecule has 0 unspecified atom stereocenters. The maximum absolute atomic E-state index is 12.4. The number of hydrogen-bond acceptors (Lipinski definition) is 2. The number of likely N-dealkylation sites (tertiary alicyclic amines) is 1. The third-order valence-electron chi connectivity index (χ3n) is 4.26. The lowest BCUT2D eigenvalue weighted by Gasteiger charge is -2.47. The lowest BCUT2D eigenvalue weighted by Crippen LogP contribution is -2.65. The van der Waals surface area contributed by atoms with Crippen LogP contribution in [0.4, 0.5) is 13.2 Å². The largest absolute Gasteiger partial charge is 0.416 e. The van der Waals surface area contributed by atoms with Gasteiger partial charge in [0, 0.05) is 0 Å². The number of rotatable bonds is 3. The Kier molecular flexibility index (Phi) is 3.24. The Hall–Kier alpha value is -1.56. The third kappa shape index (κ3) is 2.90. The molecule has 1 N–H and O–H groups in total. The average Bonchev–Trinajstić information content (AvgIpc) is 3.19. The van der Waals surface area contributed by atoms with Crippen LogP contribution < -0.4 is 0 Å². The molecule has 1 amide bonds. The zero-order valence-electron chi connectivity index (χ0n) is 11.4. The van der Waals surface area contributed by atoms with E-state index in [0.29, 0.717) is 24.6 Å². The maximum Gasteiger partial charge on any atom is 0.416 e. The van der Waals surface area contributed by atoms with E-state index in [4.69, 9.17) is 0 Å². The molecular formula is C15H16F3NO2. The standard InChI is InChI=1S/C15H16F3NO2/c16-15(17,18)12-3-1-10(2-4-12)7-13(20)19-8-14(21,9-19)11-5-6-11/h1-4,11,21H,5-9H2. The molecule has 1 saturated heterocycles. The summed E-state index contributed by atoms with van der Waals surface area (Å²) in [7, 11) is 0. The number of carbonyl (C=O) groups is 1. The van der Waals surface area contributed by atoms with Gasteiger partial charge in [0.15, 0.2) is 0 Å². The number of carbonyl (C=O) groups excluding carboxylic acids is 1. The fourth-order valence-electron chi connectivity index (χ4n) is 2.77. The number of alkyl halides is 3. The second-order valence-electron chi connectivity index (χ2n) is 6.00. The van der Waals surface area contributed by atoms with E-state index in [2.05, 4.69) is 0 Å². The first-order valence-corrected chi connectivity index (χ1v) is 6.94. The second-order valence-corrected chi connectivity index (χ2v) is 6.00. The zero-order chi connectivity index (χ0) is 15.3. The quantitative estimate of drug-likeness (QED) is 0.930. The van der Waals surface area contributed by atoms with Crippen molar-refractivity contribution in [3.8, 4) is 0 Å². The van der Waals surface area contributed by atoms with E-state index in [1.807, 2.05) is 0 Å². The fraction of sp³-hybridized carbons (Fsp3) is 0.533. The van der Waals surface area contributed by atoms with Gasteiger partial charge in [0.05, 0.1) is 25.1 Å². The van der Waals surface area contributed by atoms with E-state index in [-0.39, 0.29) is 12.3 Å². The highest BCUT2D eigenvalue weighted by Gasteiger charge is 2.53. The molecule has 1 heterocycles. The summed E-state index contributed by atoms with van der Waals surface area (Å²) in [5, 5.41) is 10.1. The van der Waals surface area contributed by atoms with Crippen LogP contribution in [-0.4, -0.2) is 34.6 Å². The molecule has 3 nitrogen and oxygen atoms in total. The molecule has 1 aromatic rings. The van der Waals surface area contributed by atoms with E-state index in [1.54, 1.807) is 4.90 Å². The summed E-state index contributed by atoms with van der Waals surface area (Å²) < 4.78 is 37.3. The second kappa shape index (κ2) is 4.73. The van der Waals surface area contributed by atoms with Crippen LogP contribution in [0.5, 0.6) is 0 Å². The van der Waals surface area contributed by atoms with E-state index in [1.165, 1.54) is 12.1 Å². The molecule has 1 aromatic carbocycles. The minimum absolute atomic E-state index is 0.0683. The van der Waals surface area contributed by atoms with Gasteiger partial charge in [-0.25, -0.2) is 0 Å². The summed E-state index contributed by atoms with van der Waals surface area (Å²) >= 11 is 0. The molecule has 6 heteroatoms.